The van der Waals surface area contributed by atoms with E-state index in [1.807, 2.05) is 29.7 Å². The SMILES string of the molecule is CCNC(=NCCCCn1c(C)cccc1=O)N1CCN(Cc2ccon2)CC1. The second-order valence-corrected chi connectivity index (χ2v) is 7.35. The van der Waals surface area contributed by atoms with Gasteiger partial charge < -0.3 is 19.3 Å². The summed E-state index contributed by atoms with van der Waals surface area (Å²) in [5, 5.41) is 7.41. The van der Waals surface area contributed by atoms with Crippen LogP contribution in [0.1, 0.15) is 31.2 Å². The molecule has 1 saturated heterocycles. The van der Waals surface area contributed by atoms with Crippen molar-refractivity contribution >= 4 is 5.96 Å². The number of aromatic nitrogens is 2. The number of hydrogen-bond acceptors (Lipinski definition) is 5. The molecule has 1 aliphatic rings. The minimum Gasteiger partial charge on any atom is -0.364 e. The van der Waals surface area contributed by atoms with Crippen LogP contribution in [-0.4, -0.2) is 64.8 Å². The molecule has 1 N–H and O–H groups in total. The Bertz CT molecular complexity index is 822. The summed E-state index contributed by atoms with van der Waals surface area (Å²) in [6.45, 7) is 11.1. The number of hydrogen-bond donors (Lipinski definition) is 1. The summed E-state index contributed by atoms with van der Waals surface area (Å²) in [7, 11) is 0. The minimum absolute atomic E-state index is 0.0744. The molecule has 0 radical (unpaired) electrons. The zero-order valence-corrected chi connectivity index (χ0v) is 17.5. The van der Waals surface area contributed by atoms with Gasteiger partial charge in [0.15, 0.2) is 5.96 Å². The smallest absolute Gasteiger partial charge is 0.250 e. The molecule has 1 aliphatic heterocycles. The number of nitrogens with zero attached hydrogens (tertiary/aromatic N) is 5. The summed E-state index contributed by atoms with van der Waals surface area (Å²) in [4.78, 5) is 21.5. The van der Waals surface area contributed by atoms with E-state index in [1.165, 1.54) is 0 Å². The van der Waals surface area contributed by atoms with Gasteiger partial charge in [0, 0.05) is 70.2 Å². The summed E-state index contributed by atoms with van der Waals surface area (Å²) >= 11 is 0. The fraction of sp³-hybridized carbons (Fsp3) is 0.571. The van der Waals surface area contributed by atoms with Gasteiger partial charge in [0.25, 0.3) is 5.56 Å². The zero-order chi connectivity index (χ0) is 20.5. The van der Waals surface area contributed by atoms with Crippen molar-refractivity contribution in [3.63, 3.8) is 0 Å². The van der Waals surface area contributed by atoms with Crippen LogP contribution < -0.4 is 10.9 Å². The molecule has 2 aromatic heterocycles. The standard InChI is InChI=1S/C21H32N6O2/c1-3-22-21(23-10-4-5-11-27-18(2)7-6-8-20(27)28)26-14-12-25(13-15-26)17-19-9-16-29-24-19/h6-9,16H,3-5,10-15,17H2,1-2H3,(H,22,23). The first-order chi connectivity index (χ1) is 14.2. The van der Waals surface area contributed by atoms with Crippen LogP contribution in [0.5, 0.6) is 0 Å². The third kappa shape index (κ3) is 6.19. The molecule has 0 spiro atoms. The van der Waals surface area contributed by atoms with Crippen molar-refractivity contribution < 1.29 is 4.52 Å². The lowest BCUT2D eigenvalue weighted by molar-refractivity contribution is 0.169. The highest BCUT2D eigenvalue weighted by Gasteiger charge is 2.20. The van der Waals surface area contributed by atoms with E-state index in [4.69, 9.17) is 9.52 Å². The largest absolute Gasteiger partial charge is 0.364 e. The normalized spacial score (nSPS) is 15.7. The molecule has 3 rings (SSSR count). The maximum Gasteiger partial charge on any atom is 0.250 e. The van der Waals surface area contributed by atoms with Crippen LogP contribution in [0.4, 0.5) is 0 Å². The van der Waals surface area contributed by atoms with Crippen LogP contribution in [0.25, 0.3) is 0 Å². The summed E-state index contributed by atoms with van der Waals surface area (Å²) in [5.74, 6) is 0.988. The first-order valence-electron chi connectivity index (χ1n) is 10.5. The molecule has 158 valence electrons. The van der Waals surface area contributed by atoms with E-state index < -0.39 is 0 Å². The Balaban J connectivity index is 1.44. The van der Waals surface area contributed by atoms with E-state index in [1.54, 1.807) is 12.3 Å². The molecule has 8 heteroatoms. The lowest BCUT2D eigenvalue weighted by Gasteiger charge is -2.36. The summed E-state index contributed by atoms with van der Waals surface area (Å²) in [6, 6.07) is 7.33. The van der Waals surface area contributed by atoms with Crippen molar-refractivity contribution in [1.29, 1.82) is 0 Å². The number of piperazine rings is 1. The highest BCUT2D eigenvalue weighted by molar-refractivity contribution is 5.80. The maximum atomic E-state index is 11.9. The van der Waals surface area contributed by atoms with Crippen LogP contribution in [-0.2, 0) is 13.1 Å². The Morgan fingerprint density at radius 2 is 2.03 bits per heavy atom. The second kappa shape index (κ2) is 10.8. The predicted octanol–water partition coefficient (Wildman–Crippen LogP) is 1.71. The maximum absolute atomic E-state index is 11.9. The Kier molecular flexibility index (Phi) is 7.86. The molecule has 8 nitrogen and oxygen atoms in total. The fourth-order valence-corrected chi connectivity index (χ4v) is 3.57. The lowest BCUT2D eigenvalue weighted by Crippen LogP contribution is -2.52. The van der Waals surface area contributed by atoms with E-state index in [-0.39, 0.29) is 5.56 Å². The van der Waals surface area contributed by atoms with Crippen molar-refractivity contribution in [3.05, 3.63) is 52.3 Å². The van der Waals surface area contributed by atoms with E-state index in [0.717, 1.165) is 82.5 Å². The molecule has 2 aromatic rings. The molecule has 29 heavy (non-hydrogen) atoms. The van der Waals surface area contributed by atoms with Crippen LogP contribution in [0, 0.1) is 6.92 Å². The zero-order valence-electron chi connectivity index (χ0n) is 17.5. The molecule has 0 aliphatic carbocycles. The Morgan fingerprint density at radius 3 is 2.72 bits per heavy atom. The third-order valence-electron chi connectivity index (χ3n) is 5.20. The number of pyridine rings is 1. The molecular formula is C21H32N6O2. The van der Waals surface area contributed by atoms with Gasteiger partial charge >= 0.3 is 0 Å². The molecule has 1 fully saturated rings. The predicted molar refractivity (Wildman–Crippen MR) is 114 cm³/mol. The number of unbranched alkanes of at least 4 members (excludes halogenated alkanes) is 1. The fourth-order valence-electron chi connectivity index (χ4n) is 3.57. The van der Waals surface area contributed by atoms with E-state index in [2.05, 4.69) is 27.2 Å². The average molecular weight is 401 g/mol. The third-order valence-corrected chi connectivity index (χ3v) is 5.20. The molecule has 0 saturated carbocycles. The quantitative estimate of drug-likeness (QED) is 0.413. The summed E-state index contributed by atoms with van der Waals surface area (Å²) in [5.41, 5.74) is 2.06. The van der Waals surface area contributed by atoms with Gasteiger partial charge in [-0.3, -0.25) is 14.7 Å². The van der Waals surface area contributed by atoms with Crippen LogP contribution in [0.2, 0.25) is 0 Å². The van der Waals surface area contributed by atoms with Crippen molar-refractivity contribution in [2.75, 3.05) is 39.3 Å². The molecule has 0 aromatic carbocycles. The monoisotopic (exact) mass is 400 g/mol. The van der Waals surface area contributed by atoms with E-state index in [0.29, 0.717) is 0 Å². The van der Waals surface area contributed by atoms with E-state index >= 15 is 0 Å². The number of guanidine groups is 1. The summed E-state index contributed by atoms with van der Waals surface area (Å²) in [6.07, 6.45) is 3.53. The van der Waals surface area contributed by atoms with Crippen molar-refractivity contribution in [2.24, 2.45) is 4.99 Å². The van der Waals surface area contributed by atoms with Crippen molar-refractivity contribution in [1.82, 2.24) is 24.8 Å². The Hall–Kier alpha value is -2.61. The number of nitrogens with one attached hydrogen (secondary N) is 1. The van der Waals surface area contributed by atoms with Crippen LogP contribution in [0.3, 0.4) is 0 Å². The lowest BCUT2D eigenvalue weighted by atomic mass is 10.2. The first kappa shape index (κ1) is 21.1. The van der Waals surface area contributed by atoms with Gasteiger partial charge in [-0.05, 0) is 32.8 Å². The number of aliphatic imine (C=N–C) groups is 1. The summed E-state index contributed by atoms with van der Waals surface area (Å²) < 4.78 is 6.75. The van der Waals surface area contributed by atoms with Gasteiger partial charge in [-0.25, -0.2) is 0 Å². The highest BCUT2D eigenvalue weighted by Crippen LogP contribution is 2.07. The molecule has 0 bridgehead atoms. The van der Waals surface area contributed by atoms with E-state index in [9.17, 15) is 4.79 Å². The van der Waals surface area contributed by atoms with Gasteiger partial charge in [0.1, 0.15) is 6.26 Å². The Labute approximate surface area is 172 Å². The van der Waals surface area contributed by atoms with Crippen molar-refractivity contribution in [3.8, 4) is 0 Å². The van der Waals surface area contributed by atoms with Gasteiger partial charge in [-0.1, -0.05) is 11.2 Å². The average Bonchev–Trinajstić information content (AvgIpc) is 3.22. The molecule has 0 atom stereocenters. The molecular weight excluding hydrogens is 368 g/mol. The highest BCUT2D eigenvalue weighted by atomic mass is 16.5. The van der Waals surface area contributed by atoms with Gasteiger partial charge in [0.2, 0.25) is 0 Å². The van der Waals surface area contributed by atoms with Crippen LogP contribution >= 0.6 is 0 Å². The number of rotatable bonds is 8. The Morgan fingerprint density at radius 1 is 1.21 bits per heavy atom. The topological polar surface area (TPSA) is 78.9 Å². The van der Waals surface area contributed by atoms with Crippen LogP contribution in [0.15, 0.2) is 44.8 Å². The molecule has 3 heterocycles. The van der Waals surface area contributed by atoms with Crippen molar-refractivity contribution in [2.45, 2.75) is 39.8 Å². The second-order valence-electron chi connectivity index (χ2n) is 7.35. The van der Waals surface area contributed by atoms with Gasteiger partial charge in [-0.15, -0.1) is 0 Å². The van der Waals surface area contributed by atoms with Gasteiger partial charge in [0.05, 0.1) is 5.69 Å². The molecule has 0 unspecified atom stereocenters. The molecule has 0 amide bonds. The number of aryl methyl sites for hydroxylation is 1. The minimum atomic E-state index is 0.0744. The first-order valence-corrected chi connectivity index (χ1v) is 10.5. The van der Waals surface area contributed by atoms with Gasteiger partial charge in [-0.2, -0.15) is 0 Å².